The van der Waals surface area contributed by atoms with Crippen molar-refractivity contribution in [3.63, 3.8) is 0 Å². The van der Waals surface area contributed by atoms with Gasteiger partial charge in [0.05, 0.1) is 11.6 Å². The zero-order valence-electron chi connectivity index (χ0n) is 16.0. The summed E-state index contributed by atoms with van der Waals surface area (Å²) >= 11 is 11.3. The minimum Gasteiger partial charge on any atom is -0.446 e. The monoisotopic (exact) mass is 459 g/mol. The molecular formula is C21H18Cl2F3NO3. The molecule has 1 saturated carbocycles. The van der Waals surface area contributed by atoms with Gasteiger partial charge in [0.15, 0.2) is 0 Å². The molecular weight excluding hydrogens is 442 g/mol. The summed E-state index contributed by atoms with van der Waals surface area (Å²) in [4.78, 5) is 16.4. The van der Waals surface area contributed by atoms with E-state index in [0.29, 0.717) is 5.75 Å². The average Bonchev–Trinajstić information content (AvgIpc) is 3.19. The van der Waals surface area contributed by atoms with Crippen molar-refractivity contribution >= 4 is 29.2 Å². The Bertz CT molecular complexity index is 944. The number of alkyl halides is 3. The maximum atomic E-state index is 13.7. The highest BCUT2D eigenvalue weighted by Gasteiger charge is 2.62. The molecule has 0 saturated heterocycles. The number of allylic oxidation sites excluding steroid dienone is 1. The lowest BCUT2D eigenvalue weighted by Gasteiger charge is -2.21. The second-order valence-corrected chi connectivity index (χ2v) is 8.46. The first-order chi connectivity index (χ1) is 14.0. The summed E-state index contributed by atoms with van der Waals surface area (Å²) in [5.74, 6) is -1.84. The Hall–Kier alpha value is -2.25. The van der Waals surface area contributed by atoms with Gasteiger partial charge in [-0.25, -0.2) is 4.98 Å². The van der Waals surface area contributed by atoms with Gasteiger partial charge in [-0.1, -0.05) is 61.3 Å². The number of ether oxygens (including phenoxy) is 2. The van der Waals surface area contributed by atoms with Gasteiger partial charge in [0.1, 0.15) is 10.2 Å². The molecule has 1 fully saturated rings. The largest absolute Gasteiger partial charge is 0.446 e. The second kappa shape index (κ2) is 8.47. The lowest BCUT2D eigenvalue weighted by molar-refractivity contribution is -0.226. The molecule has 1 heterocycles. The van der Waals surface area contributed by atoms with E-state index in [0.717, 1.165) is 6.07 Å². The summed E-state index contributed by atoms with van der Waals surface area (Å²) in [7, 11) is 0. The topological polar surface area (TPSA) is 48.4 Å². The highest BCUT2D eigenvalue weighted by atomic mass is 35.5. The van der Waals surface area contributed by atoms with Crippen molar-refractivity contribution in [1.29, 1.82) is 0 Å². The third-order valence-electron chi connectivity index (χ3n) is 4.98. The molecule has 3 rings (SSSR count). The third kappa shape index (κ3) is 5.08. The highest BCUT2D eigenvalue weighted by Crippen LogP contribution is 2.60. The molecule has 1 aromatic carbocycles. The maximum Gasteiger partial charge on any atom is 0.431 e. The van der Waals surface area contributed by atoms with E-state index in [9.17, 15) is 18.0 Å². The fourth-order valence-corrected chi connectivity index (χ4v) is 3.57. The fourth-order valence-electron chi connectivity index (χ4n) is 3.30. The summed E-state index contributed by atoms with van der Waals surface area (Å²) in [6.45, 7) is 3.46. The van der Waals surface area contributed by atoms with Gasteiger partial charge in [-0.2, -0.15) is 13.2 Å². The van der Waals surface area contributed by atoms with Gasteiger partial charge >= 0.3 is 12.1 Å². The number of carbonyl (C=O) groups excluding carboxylic acids is 1. The van der Waals surface area contributed by atoms with Crippen LogP contribution < -0.4 is 4.74 Å². The van der Waals surface area contributed by atoms with E-state index in [4.69, 9.17) is 32.7 Å². The Kier molecular flexibility index (Phi) is 6.34. The van der Waals surface area contributed by atoms with Crippen molar-refractivity contribution in [2.45, 2.75) is 26.1 Å². The minimum absolute atomic E-state index is 0.0505. The van der Waals surface area contributed by atoms with Crippen molar-refractivity contribution in [3.8, 4) is 11.6 Å². The van der Waals surface area contributed by atoms with Gasteiger partial charge in [0.2, 0.25) is 12.0 Å². The van der Waals surface area contributed by atoms with Crippen LogP contribution in [0.2, 0.25) is 0 Å². The molecule has 0 radical (unpaired) electrons. The van der Waals surface area contributed by atoms with Crippen LogP contribution in [0.1, 0.15) is 25.6 Å². The molecule has 0 amide bonds. The van der Waals surface area contributed by atoms with E-state index < -0.39 is 41.2 Å². The third-order valence-corrected chi connectivity index (χ3v) is 5.23. The molecule has 1 aliphatic carbocycles. The van der Waals surface area contributed by atoms with Crippen LogP contribution in [-0.4, -0.2) is 17.1 Å². The number of pyridine rings is 1. The quantitative estimate of drug-likeness (QED) is 0.455. The number of esters is 1. The molecule has 4 nitrogen and oxygen atoms in total. The van der Waals surface area contributed by atoms with Gasteiger partial charge in [0.25, 0.3) is 0 Å². The summed E-state index contributed by atoms with van der Waals surface area (Å²) in [5.41, 5.74) is -1.10. The summed E-state index contributed by atoms with van der Waals surface area (Å²) < 4.78 is 51.4. The molecule has 0 aliphatic heterocycles. The molecule has 1 aromatic heterocycles. The van der Waals surface area contributed by atoms with E-state index in [1.807, 2.05) is 0 Å². The van der Waals surface area contributed by atoms with Gasteiger partial charge in [-0.15, -0.1) is 0 Å². The Morgan fingerprint density at radius 1 is 1.13 bits per heavy atom. The Morgan fingerprint density at radius 3 is 2.40 bits per heavy atom. The van der Waals surface area contributed by atoms with Crippen molar-refractivity contribution in [2.24, 2.45) is 17.3 Å². The van der Waals surface area contributed by atoms with E-state index >= 15 is 0 Å². The molecule has 0 N–H and O–H groups in total. The molecule has 9 heteroatoms. The normalized spacial score (nSPS) is 20.8. The fraction of sp³-hybridized carbons (Fsp3) is 0.333. The average molecular weight is 460 g/mol. The van der Waals surface area contributed by atoms with E-state index in [1.54, 1.807) is 44.2 Å². The Balaban J connectivity index is 1.81. The van der Waals surface area contributed by atoms with Gasteiger partial charge in [0, 0.05) is 6.07 Å². The van der Waals surface area contributed by atoms with Crippen molar-refractivity contribution < 1.29 is 27.4 Å². The number of nitrogens with zero attached hydrogens (tertiary/aromatic N) is 1. The lowest BCUT2D eigenvalue weighted by Crippen LogP contribution is -2.28. The Morgan fingerprint density at radius 2 is 1.80 bits per heavy atom. The molecule has 30 heavy (non-hydrogen) atoms. The number of hydrogen-bond acceptors (Lipinski definition) is 4. The van der Waals surface area contributed by atoms with Crippen LogP contribution in [0.15, 0.2) is 59.1 Å². The van der Waals surface area contributed by atoms with E-state index in [2.05, 4.69) is 4.98 Å². The van der Waals surface area contributed by atoms with E-state index in [1.165, 1.54) is 18.2 Å². The molecule has 0 spiro atoms. The molecule has 2 aromatic rings. The van der Waals surface area contributed by atoms with Crippen LogP contribution in [-0.2, 0) is 9.53 Å². The summed E-state index contributed by atoms with van der Waals surface area (Å²) in [5, 5.41) is 0. The van der Waals surface area contributed by atoms with Crippen LogP contribution in [0.5, 0.6) is 11.6 Å². The predicted octanol–water partition coefficient (Wildman–Crippen LogP) is 6.61. The highest BCUT2D eigenvalue weighted by molar-refractivity contribution is 6.55. The number of halogens is 5. The van der Waals surface area contributed by atoms with Crippen molar-refractivity contribution in [2.75, 3.05) is 0 Å². The second-order valence-electron chi connectivity index (χ2n) is 7.46. The molecule has 3 atom stereocenters. The van der Waals surface area contributed by atoms with Crippen LogP contribution >= 0.6 is 23.2 Å². The van der Waals surface area contributed by atoms with Gasteiger partial charge in [-0.05, 0) is 35.6 Å². The zero-order chi connectivity index (χ0) is 22.1. The number of benzene rings is 1. The van der Waals surface area contributed by atoms with Gasteiger partial charge < -0.3 is 9.47 Å². The van der Waals surface area contributed by atoms with Crippen LogP contribution in [0.25, 0.3) is 0 Å². The van der Waals surface area contributed by atoms with Crippen molar-refractivity contribution in [3.05, 3.63) is 64.8 Å². The summed E-state index contributed by atoms with van der Waals surface area (Å²) in [6, 6.07) is 12.4. The standard InChI is InChI=1S/C21H18Cl2F3NO3/c1-20(2)13(11-15(22)23)17(20)19(28)30-18(21(24,25)26)14-9-6-10-16(27-14)29-12-7-4-3-5-8-12/h3-11,13,17-18H,1-2H3/t13-,17+,18?/m1/s1. The van der Waals surface area contributed by atoms with Crippen LogP contribution in [0.4, 0.5) is 13.2 Å². The molecule has 0 bridgehead atoms. The lowest BCUT2D eigenvalue weighted by atomic mass is 10.1. The molecule has 1 aliphatic rings. The van der Waals surface area contributed by atoms with Gasteiger partial charge in [-0.3, -0.25) is 4.79 Å². The Labute approximate surface area is 181 Å². The first-order valence-corrected chi connectivity index (χ1v) is 9.75. The van der Waals surface area contributed by atoms with Crippen LogP contribution in [0, 0.1) is 17.3 Å². The smallest absolute Gasteiger partial charge is 0.431 e. The maximum absolute atomic E-state index is 13.7. The number of aromatic nitrogens is 1. The van der Waals surface area contributed by atoms with Crippen molar-refractivity contribution in [1.82, 2.24) is 4.98 Å². The number of para-hydroxylation sites is 1. The van der Waals surface area contributed by atoms with E-state index in [-0.39, 0.29) is 10.4 Å². The predicted molar refractivity (Wildman–Crippen MR) is 106 cm³/mol. The minimum atomic E-state index is -4.86. The molecule has 160 valence electrons. The molecule has 1 unspecified atom stereocenters. The first-order valence-electron chi connectivity index (χ1n) is 9.00. The first kappa shape index (κ1) is 22.4. The zero-order valence-corrected chi connectivity index (χ0v) is 17.5. The van der Waals surface area contributed by atoms with Crippen LogP contribution in [0.3, 0.4) is 0 Å². The number of rotatable bonds is 6. The SMILES string of the molecule is CC1(C)[C@H](C=C(Cl)Cl)[C@H]1C(=O)OC(c1cccc(Oc2ccccc2)n1)C(F)(F)F. The number of hydrogen-bond donors (Lipinski definition) is 0. The summed E-state index contributed by atoms with van der Waals surface area (Å²) in [6.07, 6.45) is -5.95. The number of carbonyl (C=O) groups is 1.